The van der Waals surface area contributed by atoms with Crippen molar-refractivity contribution >= 4 is 11.9 Å². The summed E-state index contributed by atoms with van der Waals surface area (Å²) in [6, 6.07) is 0. The molecule has 0 aromatic heterocycles. The number of hydrogen-bond donors (Lipinski definition) is 2. The van der Waals surface area contributed by atoms with E-state index in [-0.39, 0.29) is 6.61 Å². The molecule has 0 aliphatic heterocycles. The van der Waals surface area contributed by atoms with Crippen molar-refractivity contribution in [2.75, 3.05) is 6.61 Å². The van der Waals surface area contributed by atoms with Crippen LogP contribution in [0, 0.1) is 5.92 Å². The van der Waals surface area contributed by atoms with E-state index in [9.17, 15) is 9.59 Å². The van der Waals surface area contributed by atoms with Gasteiger partial charge in [-0.1, -0.05) is 19.8 Å². The van der Waals surface area contributed by atoms with Gasteiger partial charge in [-0.05, 0) is 13.3 Å². The van der Waals surface area contributed by atoms with Gasteiger partial charge in [0.1, 0.15) is 5.92 Å². The number of hydrazine groups is 1. The molecule has 0 saturated heterocycles. The van der Waals surface area contributed by atoms with Crippen molar-refractivity contribution < 1.29 is 14.3 Å². The summed E-state index contributed by atoms with van der Waals surface area (Å²) in [6.07, 6.45) is 2.21. The summed E-state index contributed by atoms with van der Waals surface area (Å²) in [6.45, 7) is 3.97. The first-order valence-electron chi connectivity index (χ1n) is 4.84. The van der Waals surface area contributed by atoms with E-state index in [1.807, 2.05) is 12.3 Å². The van der Waals surface area contributed by atoms with E-state index < -0.39 is 17.8 Å². The zero-order valence-electron chi connectivity index (χ0n) is 8.71. The fraction of sp³-hybridized carbons (Fsp3) is 0.778. The van der Waals surface area contributed by atoms with Crippen LogP contribution in [0.15, 0.2) is 0 Å². The van der Waals surface area contributed by atoms with Crippen molar-refractivity contribution in [1.29, 1.82) is 0 Å². The maximum Gasteiger partial charge on any atom is 0.318 e. The minimum atomic E-state index is -0.764. The normalized spacial score (nSPS) is 11.9. The molecule has 0 rings (SSSR count). The van der Waals surface area contributed by atoms with Gasteiger partial charge in [-0.25, -0.2) is 5.84 Å². The zero-order valence-corrected chi connectivity index (χ0v) is 8.71. The predicted molar refractivity (Wildman–Crippen MR) is 52.0 cm³/mol. The molecule has 0 aliphatic rings. The van der Waals surface area contributed by atoms with E-state index >= 15 is 0 Å². The van der Waals surface area contributed by atoms with Crippen molar-refractivity contribution in [1.82, 2.24) is 5.43 Å². The minimum absolute atomic E-state index is 0.277. The van der Waals surface area contributed by atoms with Crippen molar-refractivity contribution in [3.8, 4) is 0 Å². The van der Waals surface area contributed by atoms with Gasteiger partial charge in [0.15, 0.2) is 0 Å². The lowest BCUT2D eigenvalue weighted by atomic mass is 10.0. The van der Waals surface area contributed by atoms with Crippen LogP contribution >= 0.6 is 0 Å². The van der Waals surface area contributed by atoms with Crippen LogP contribution in [-0.4, -0.2) is 18.5 Å². The van der Waals surface area contributed by atoms with Crippen LogP contribution in [0.1, 0.15) is 33.1 Å². The second-order valence-electron chi connectivity index (χ2n) is 2.96. The van der Waals surface area contributed by atoms with Crippen LogP contribution in [0.25, 0.3) is 0 Å². The van der Waals surface area contributed by atoms with Gasteiger partial charge in [0, 0.05) is 0 Å². The Morgan fingerprint density at radius 1 is 1.43 bits per heavy atom. The molecule has 1 atom stereocenters. The molecular formula is C9H18N2O3. The highest BCUT2D eigenvalue weighted by atomic mass is 16.5. The fourth-order valence-corrected chi connectivity index (χ4v) is 1.11. The molecule has 14 heavy (non-hydrogen) atoms. The van der Waals surface area contributed by atoms with E-state index in [4.69, 9.17) is 10.6 Å². The largest absolute Gasteiger partial charge is 0.465 e. The zero-order chi connectivity index (χ0) is 11.0. The van der Waals surface area contributed by atoms with Crippen LogP contribution in [-0.2, 0) is 14.3 Å². The van der Waals surface area contributed by atoms with Crippen molar-refractivity contribution in [3.63, 3.8) is 0 Å². The summed E-state index contributed by atoms with van der Waals surface area (Å²) in [7, 11) is 0. The summed E-state index contributed by atoms with van der Waals surface area (Å²) < 4.78 is 4.77. The molecule has 0 heterocycles. The maximum atomic E-state index is 11.3. The van der Waals surface area contributed by atoms with Crippen molar-refractivity contribution in [3.05, 3.63) is 0 Å². The summed E-state index contributed by atoms with van der Waals surface area (Å²) in [5.74, 6) is 3.24. The molecule has 82 valence electrons. The topological polar surface area (TPSA) is 81.4 Å². The van der Waals surface area contributed by atoms with Gasteiger partial charge in [-0.15, -0.1) is 0 Å². The highest BCUT2D eigenvalue weighted by Gasteiger charge is 2.26. The lowest BCUT2D eigenvalue weighted by Gasteiger charge is -2.12. The number of rotatable bonds is 6. The Morgan fingerprint density at radius 2 is 2.07 bits per heavy atom. The monoisotopic (exact) mass is 202 g/mol. The van der Waals surface area contributed by atoms with Gasteiger partial charge in [-0.2, -0.15) is 0 Å². The second-order valence-corrected chi connectivity index (χ2v) is 2.96. The Morgan fingerprint density at radius 3 is 2.50 bits per heavy atom. The molecule has 3 N–H and O–H groups in total. The Labute approximate surface area is 84.0 Å². The first-order chi connectivity index (χ1) is 6.67. The van der Waals surface area contributed by atoms with Crippen LogP contribution in [0.2, 0.25) is 0 Å². The standard InChI is InChI=1S/C9H18N2O3/c1-3-5-6-7(8(12)11-10)9(13)14-4-2/h7H,3-6,10H2,1-2H3,(H,11,12). The molecule has 0 saturated carbocycles. The number of ether oxygens (including phenoxy) is 1. The van der Waals surface area contributed by atoms with Gasteiger partial charge >= 0.3 is 5.97 Å². The fourth-order valence-electron chi connectivity index (χ4n) is 1.11. The van der Waals surface area contributed by atoms with E-state index in [1.54, 1.807) is 6.92 Å². The number of amides is 1. The number of nitrogens with one attached hydrogen (secondary N) is 1. The molecule has 0 aromatic rings. The Bertz CT molecular complexity index is 194. The summed E-state index contributed by atoms with van der Waals surface area (Å²) in [5.41, 5.74) is 1.97. The van der Waals surface area contributed by atoms with Gasteiger partial charge in [0.05, 0.1) is 6.61 Å². The highest BCUT2D eigenvalue weighted by Crippen LogP contribution is 2.10. The SMILES string of the molecule is CCCCC(C(=O)NN)C(=O)OCC. The lowest BCUT2D eigenvalue weighted by molar-refractivity contribution is -0.152. The van der Waals surface area contributed by atoms with E-state index in [1.165, 1.54) is 0 Å². The minimum Gasteiger partial charge on any atom is -0.465 e. The molecule has 5 heteroatoms. The maximum absolute atomic E-state index is 11.3. The van der Waals surface area contributed by atoms with Crippen LogP contribution in [0.5, 0.6) is 0 Å². The molecule has 0 aromatic carbocycles. The average Bonchev–Trinajstić information content (AvgIpc) is 2.18. The molecule has 0 spiro atoms. The number of carbonyl (C=O) groups excluding carboxylic acids is 2. The van der Waals surface area contributed by atoms with E-state index in [2.05, 4.69) is 0 Å². The lowest BCUT2D eigenvalue weighted by Crippen LogP contribution is -2.40. The highest BCUT2D eigenvalue weighted by molar-refractivity contribution is 5.97. The number of hydrogen-bond acceptors (Lipinski definition) is 4. The van der Waals surface area contributed by atoms with Gasteiger partial charge in [-0.3, -0.25) is 15.0 Å². The smallest absolute Gasteiger partial charge is 0.318 e. The molecule has 5 nitrogen and oxygen atoms in total. The van der Waals surface area contributed by atoms with Crippen LogP contribution in [0.3, 0.4) is 0 Å². The number of nitrogens with two attached hydrogens (primary N) is 1. The van der Waals surface area contributed by atoms with E-state index in [0.29, 0.717) is 6.42 Å². The first-order valence-corrected chi connectivity index (χ1v) is 4.84. The van der Waals surface area contributed by atoms with Crippen LogP contribution in [0.4, 0.5) is 0 Å². The third-order valence-electron chi connectivity index (χ3n) is 1.88. The molecule has 0 fully saturated rings. The molecule has 0 bridgehead atoms. The van der Waals surface area contributed by atoms with E-state index in [0.717, 1.165) is 12.8 Å². The Kier molecular flexibility index (Phi) is 6.74. The molecule has 1 unspecified atom stereocenters. The molecular weight excluding hydrogens is 184 g/mol. The van der Waals surface area contributed by atoms with Gasteiger partial charge in [0.25, 0.3) is 0 Å². The molecule has 0 aliphatic carbocycles. The van der Waals surface area contributed by atoms with Crippen LogP contribution < -0.4 is 11.3 Å². The number of unbranched alkanes of at least 4 members (excludes halogenated alkanes) is 1. The van der Waals surface area contributed by atoms with Crippen molar-refractivity contribution in [2.24, 2.45) is 11.8 Å². The first kappa shape index (κ1) is 12.9. The van der Waals surface area contributed by atoms with Crippen molar-refractivity contribution in [2.45, 2.75) is 33.1 Å². The third-order valence-corrected chi connectivity index (χ3v) is 1.88. The Balaban J connectivity index is 4.22. The average molecular weight is 202 g/mol. The predicted octanol–water partition coefficient (Wildman–Crippen LogP) is 0.346. The van der Waals surface area contributed by atoms with Gasteiger partial charge < -0.3 is 4.74 Å². The summed E-state index contributed by atoms with van der Waals surface area (Å²) in [5, 5.41) is 0. The molecule has 0 radical (unpaired) electrons. The third kappa shape index (κ3) is 4.23. The Hall–Kier alpha value is -1.10. The van der Waals surface area contributed by atoms with Gasteiger partial charge in [0.2, 0.25) is 5.91 Å². The number of carbonyl (C=O) groups is 2. The number of esters is 1. The quantitative estimate of drug-likeness (QED) is 0.214. The summed E-state index contributed by atoms with van der Waals surface area (Å²) >= 11 is 0. The summed E-state index contributed by atoms with van der Waals surface area (Å²) in [4.78, 5) is 22.5. The molecule has 1 amide bonds. The second kappa shape index (κ2) is 7.32.